The van der Waals surface area contributed by atoms with Crippen molar-refractivity contribution in [3.05, 3.63) is 62.6 Å². The smallest absolute Gasteiger partial charge is 0.314 e. The van der Waals surface area contributed by atoms with Gasteiger partial charge in [-0.05, 0) is 30.3 Å². The molecule has 2 aromatic rings. The van der Waals surface area contributed by atoms with E-state index < -0.39 is 22.2 Å². The van der Waals surface area contributed by atoms with Crippen molar-refractivity contribution in [2.24, 2.45) is 0 Å². The van der Waals surface area contributed by atoms with Crippen LogP contribution in [0, 0.1) is 21.7 Å². The van der Waals surface area contributed by atoms with Crippen LogP contribution in [-0.4, -0.2) is 4.92 Å². The molecule has 4 nitrogen and oxygen atoms in total. The number of nitro groups is 1. The number of benzene rings is 2. The number of nitrogens with zero attached hydrogens (tertiary/aromatic N) is 1. The second kappa shape index (κ2) is 5.31. The van der Waals surface area contributed by atoms with E-state index in [9.17, 15) is 18.9 Å². The minimum atomic E-state index is -0.797. The molecule has 7 heteroatoms. The second-order valence-electron chi connectivity index (χ2n) is 3.55. The van der Waals surface area contributed by atoms with Crippen LogP contribution in [0.15, 0.2) is 40.9 Å². The molecule has 0 bridgehead atoms. The van der Waals surface area contributed by atoms with E-state index in [0.717, 1.165) is 18.2 Å². The fourth-order valence-corrected chi connectivity index (χ4v) is 1.73. The summed E-state index contributed by atoms with van der Waals surface area (Å²) in [5.74, 6) is -1.87. The Morgan fingerprint density at radius 3 is 2.53 bits per heavy atom. The van der Waals surface area contributed by atoms with E-state index in [4.69, 9.17) is 4.74 Å². The molecule has 0 saturated heterocycles. The van der Waals surface area contributed by atoms with E-state index in [1.807, 2.05) is 0 Å². The average molecular weight is 330 g/mol. The molecule has 0 spiro atoms. The topological polar surface area (TPSA) is 52.4 Å². The Kier molecular flexibility index (Phi) is 3.75. The molecule has 98 valence electrons. The maximum Gasteiger partial charge on any atom is 0.314 e. The fraction of sp³-hybridized carbons (Fsp3) is 0. The molecule has 0 aliphatic carbocycles. The number of hydrogen-bond acceptors (Lipinski definition) is 3. The highest BCUT2D eigenvalue weighted by molar-refractivity contribution is 9.10. The molecule has 2 aromatic carbocycles. The largest absolute Gasteiger partial charge is 0.447 e. The van der Waals surface area contributed by atoms with Gasteiger partial charge in [-0.15, -0.1) is 0 Å². The molecule has 19 heavy (non-hydrogen) atoms. The zero-order valence-corrected chi connectivity index (χ0v) is 10.9. The molecule has 0 unspecified atom stereocenters. The Balaban J connectivity index is 2.43. The van der Waals surface area contributed by atoms with Crippen molar-refractivity contribution in [2.75, 3.05) is 0 Å². The zero-order chi connectivity index (χ0) is 14.0. The normalized spacial score (nSPS) is 10.3. The molecule has 0 heterocycles. The predicted molar refractivity (Wildman–Crippen MR) is 67.2 cm³/mol. The molecular formula is C12H6BrF2NO3. The maximum atomic E-state index is 13.5. The van der Waals surface area contributed by atoms with Crippen molar-refractivity contribution >= 4 is 21.6 Å². The summed E-state index contributed by atoms with van der Waals surface area (Å²) in [4.78, 5) is 9.97. The van der Waals surface area contributed by atoms with Crippen LogP contribution >= 0.6 is 15.9 Å². The molecule has 0 amide bonds. The highest BCUT2D eigenvalue weighted by atomic mass is 79.9. The van der Waals surface area contributed by atoms with Crippen LogP contribution in [0.5, 0.6) is 11.5 Å². The molecule has 0 fully saturated rings. The third-order valence-electron chi connectivity index (χ3n) is 2.23. The third kappa shape index (κ3) is 3.05. The first-order valence-corrected chi connectivity index (χ1v) is 5.83. The van der Waals surface area contributed by atoms with E-state index >= 15 is 0 Å². The van der Waals surface area contributed by atoms with E-state index in [2.05, 4.69) is 15.9 Å². The van der Waals surface area contributed by atoms with E-state index in [1.165, 1.54) is 12.1 Å². The average Bonchev–Trinajstić information content (AvgIpc) is 2.35. The number of rotatable bonds is 3. The first kappa shape index (κ1) is 13.4. The Hall–Kier alpha value is -2.02. The van der Waals surface area contributed by atoms with Gasteiger partial charge in [-0.25, -0.2) is 8.78 Å². The molecule has 0 aliphatic heterocycles. The first-order chi connectivity index (χ1) is 8.97. The van der Waals surface area contributed by atoms with E-state index in [0.29, 0.717) is 10.5 Å². The Morgan fingerprint density at radius 1 is 1.11 bits per heavy atom. The standard InChI is InChI=1S/C12H6BrF2NO3/c13-7-1-3-9(15)12(5-7)19-11-4-2-8(14)6-10(11)16(17)18/h1-6H. The summed E-state index contributed by atoms with van der Waals surface area (Å²) in [5.41, 5.74) is -0.570. The van der Waals surface area contributed by atoms with Crippen LogP contribution in [0.3, 0.4) is 0 Å². The van der Waals surface area contributed by atoms with Crippen molar-refractivity contribution in [3.8, 4) is 11.5 Å². The van der Waals surface area contributed by atoms with Crippen LogP contribution in [0.4, 0.5) is 14.5 Å². The van der Waals surface area contributed by atoms with E-state index in [-0.39, 0.29) is 11.5 Å². The maximum absolute atomic E-state index is 13.5. The first-order valence-electron chi connectivity index (χ1n) is 5.04. The molecule has 0 aromatic heterocycles. The highest BCUT2D eigenvalue weighted by Crippen LogP contribution is 2.34. The van der Waals surface area contributed by atoms with Gasteiger partial charge in [0.05, 0.1) is 11.0 Å². The lowest BCUT2D eigenvalue weighted by molar-refractivity contribution is -0.385. The molecule has 0 atom stereocenters. The van der Waals surface area contributed by atoms with Crippen molar-refractivity contribution in [1.82, 2.24) is 0 Å². The van der Waals surface area contributed by atoms with Gasteiger partial charge in [0, 0.05) is 4.47 Å². The van der Waals surface area contributed by atoms with Crippen molar-refractivity contribution in [2.45, 2.75) is 0 Å². The summed E-state index contributed by atoms with van der Waals surface area (Å²) in [6.45, 7) is 0. The Morgan fingerprint density at radius 2 is 1.84 bits per heavy atom. The summed E-state index contributed by atoms with van der Waals surface area (Å²) >= 11 is 3.13. The van der Waals surface area contributed by atoms with Gasteiger partial charge in [-0.2, -0.15) is 0 Å². The van der Waals surface area contributed by atoms with Gasteiger partial charge in [0.1, 0.15) is 5.82 Å². The Labute approximate surface area is 114 Å². The molecule has 0 N–H and O–H groups in total. The summed E-state index contributed by atoms with van der Waals surface area (Å²) in [6, 6.07) is 6.72. The van der Waals surface area contributed by atoms with Gasteiger partial charge in [-0.3, -0.25) is 10.1 Å². The minimum Gasteiger partial charge on any atom is -0.447 e. The van der Waals surface area contributed by atoms with Crippen molar-refractivity contribution in [1.29, 1.82) is 0 Å². The summed E-state index contributed by atoms with van der Waals surface area (Å²) in [6.07, 6.45) is 0. The third-order valence-corrected chi connectivity index (χ3v) is 2.72. The fourth-order valence-electron chi connectivity index (χ4n) is 1.39. The van der Waals surface area contributed by atoms with Crippen LogP contribution < -0.4 is 4.74 Å². The number of hydrogen-bond donors (Lipinski definition) is 0. The summed E-state index contributed by atoms with van der Waals surface area (Å²) in [7, 11) is 0. The van der Waals surface area contributed by atoms with Crippen LogP contribution in [-0.2, 0) is 0 Å². The second-order valence-corrected chi connectivity index (χ2v) is 4.46. The SMILES string of the molecule is O=[N+]([O-])c1cc(F)ccc1Oc1cc(Br)ccc1F. The quantitative estimate of drug-likeness (QED) is 0.618. The monoisotopic (exact) mass is 329 g/mol. The molecule has 0 aliphatic rings. The molecular weight excluding hydrogens is 324 g/mol. The van der Waals surface area contributed by atoms with Gasteiger partial charge in [-0.1, -0.05) is 15.9 Å². The molecule has 2 rings (SSSR count). The van der Waals surface area contributed by atoms with Crippen LogP contribution in [0.25, 0.3) is 0 Å². The number of ether oxygens (including phenoxy) is 1. The summed E-state index contributed by atoms with van der Waals surface area (Å²) < 4.78 is 32.1. The predicted octanol–water partition coefficient (Wildman–Crippen LogP) is 4.43. The van der Waals surface area contributed by atoms with Crippen molar-refractivity contribution in [3.63, 3.8) is 0 Å². The highest BCUT2D eigenvalue weighted by Gasteiger charge is 2.18. The van der Waals surface area contributed by atoms with Gasteiger partial charge in [0.15, 0.2) is 11.6 Å². The lowest BCUT2D eigenvalue weighted by Crippen LogP contribution is -1.95. The molecule has 0 saturated carbocycles. The number of halogens is 3. The van der Waals surface area contributed by atoms with Gasteiger partial charge in [0.2, 0.25) is 5.75 Å². The lowest BCUT2D eigenvalue weighted by atomic mass is 10.3. The van der Waals surface area contributed by atoms with Crippen LogP contribution in [0.2, 0.25) is 0 Å². The lowest BCUT2D eigenvalue weighted by Gasteiger charge is -2.07. The Bertz CT molecular complexity index is 649. The van der Waals surface area contributed by atoms with Gasteiger partial charge >= 0.3 is 5.69 Å². The zero-order valence-electron chi connectivity index (χ0n) is 9.27. The van der Waals surface area contributed by atoms with Gasteiger partial charge < -0.3 is 4.74 Å². The minimum absolute atomic E-state index is 0.191. The van der Waals surface area contributed by atoms with Gasteiger partial charge in [0.25, 0.3) is 0 Å². The van der Waals surface area contributed by atoms with E-state index in [1.54, 1.807) is 0 Å². The number of nitro benzene ring substituents is 1. The molecule has 0 radical (unpaired) electrons. The summed E-state index contributed by atoms with van der Waals surface area (Å²) in [5, 5.41) is 10.8. The van der Waals surface area contributed by atoms with Crippen LogP contribution in [0.1, 0.15) is 0 Å². The van der Waals surface area contributed by atoms with Crippen molar-refractivity contribution < 1.29 is 18.4 Å².